The fourth-order valence-electron chi connectivity index (χ4n) is 4.94. The maximum absolute atomic E-state index is 15.1. The Morgan fingerprint density at radius 2 is 2.00 bits per heavy atom. The number of amides is 1. The van der Waals surface area contributed by atoms with Crippen molar-refractivity contribution in [3.63, 3.8) is 0 Å². The number of piperazine rings is 1. The van der Waals surface area contributed by atoms with Gasteiger partial charge in [0.15, 0.2) is 17.3 Å². The van der Waals surface area contributed by atoms with Gasteiger partial charge < -0.3 is 30.7 Å². The molecule has 2 aromatic heterocycles. The van der Waals surface area contributed by atoms with E-state index < -0.39 is 5.82 Å². The Kier molecular flexibility index (Phi) is 6.85. The van der Waals surface area contributed by atoms with Crippen LogP contribution in [0.3, 0.4) is 0 Å². The van der Waals surface area contributed by atoms with Crippen LogP contribution in [0.2, 0.25) is 0 Å². The molecule has 2 atom stereocenters. The van der Waals surface area contributed by atoms with Crippen molar-refractivity contribution in [2.45, 2.75) is 25.2 Å². The number of aromatic nitrogens is 2. The molecular formula is C25H31FN6O3S. The van der Waals surface area contributed by atoms with Crippen LogP contribution >= 0.6 is 11.3 Å². The highest BCUT2D eigenvalue weighted by Crippen LogP contribution is 2.50. The van der Waals surface area contributed by atoms with Gasteiger partial charge in [-0.05, 0) is 54.3 Å². The summed E-state index contributed by atoms with van der Waals surface area (Å²) in [7, 11) is 2.80. The van der Waals surface area contributed by atoms with Crippen LogP contribution in [0.1, 0.15) is 29.2 Å². The molecule has 2 aliphatic rings. The fraction of sp³-hybridized carbons (Fsp3) is 0.480. The van der Waals surface area contributed by atoms with Gasteiger partial charge in [-0.25, -0.2) is 9.37 Å². The molecule has 1 saturated heterocycles. The van der Waals surface area contributed by atoms with Crippen molar-refractivity contribution in [3.8, 4) is 11.5 Å². The average Bonchev–Trinajstić information content (AvgIpc) is 3.54. The van der Waals surface area contributed by atoms with Crippen LogP contribution in [0.15, 0.2) is 17.5 Å². The lowest BCUT2D eigenvalue weighted by Crippen LogP contribution is -2.49. The van der Waals surface area contributed by atoms with Gasteiger partial charge in [-0.3, -0.25) is 4.79 Å². The number of nitrogens with zero attached hydrogens (tertiary/aromatic N) is 4. The van der Waals surface area contributed by atoms with E-state index in [1.165, 1.54) is 24.7 Å². The zero-order valence-electron chi connectivity index (χ0n) is 20.5. The second-order valence-electron chi connectivity index (χ2n) is 9.25. The van der Waals surface area contributed by atoms with E-state index in [-0.39, 0.29) is 28.7 Å². The molecule has 0 bridgehead atoms. The number of nitrogen functional groups attached to an aromatic ring is 1. The molecule has 1 saturated carbocycles. The smallest absolute Gasteiger partial charge is 0.228 e. The largest absolute Gasteiger partial charge is 0.493 e. The number of rotatable bonds is 8. The van der Waals surface area contributed by atoms with Crippen LogP contribution < -0.4 is 25.8 Å². The minimum atomic E-state index is -0.646. The molecule has 1 aliphatic heterocycles. The number of fused-ring (bicyclic) bond motifs is 1. The summed E-state index contributed by atoms with van der Waals surface area (Å²) in [6.07, 6.45) is 2.39. The van der Waals surface area contributed by atoms with E-state index in [1.807, 2.05) is 9.80 Å². The standard InChI is InChI=1S/C25H31FN6O3S/c1-34-18-12-17-21(20(26)22(18)35-2)29-25(30-24(17)28)32-8-6-31(7-9-32)19(33)4-3-14-5-10-36-23(14)16-11-15(16)13-27/h5,10,12,15-16H,3-4,6-9,11,13,27H2,1-2H3,(H2,28,29,30). The van der Waals surface area contributed by atoms with E-state index in [0.29, 0.717) is 55.8 Å². The van der Waals surface area contributed by atoms with Gasteiger partial charge in [-0.2, -0.15) is 4.98 Å². The maximum Gasteiger partial charge on any atom is 0.228 e. The van der Waals surface area contributed by atoms with Crippen molar-refractivity contribution >= 4 is 39.9 Å². The molecule has 0 radical (unpaired) electrons. The summed E-state index contributed by atoms with van der Waals surface area (Å²) in [6, 6.07) is 3.72. The topological polar surface area (TPSA) is 120 Å². The Balaban J connectivity index is 1.23. The number of aryl methyl sites for hydroxylation is 1. The molecular weight excluding hydrogens is 483 g/mol. The van der Waals surface area contributed by atoms with Crippen molar-refractivity contribution < 1.29 is 18.7 Å². The van der Waals surface area contributed by atoms with E-state index >= 15 is 4.39 Å². The van der Waals surface area contributed by atoms with Crippen LogP contribution in [-0.4, -0.2) is 67.7 Å². The second kappa shape index (κ2) is 10.1. The average molecular weight is 515 g/mol. The molecule has 2 unspecified atom stereocenters. The van der Waals surface area contributed by atoms with Crippen molar-refractivity contribution in [1.82, 2.24) is 14.9 Å². The Morgan fingerprint density at radius 1 is 1.22 bits per heavy atom. The quantitative estimate of drug-likeness (QED) is 0.471. The van der Waals surface area contributed by atoms with Gasteiger partial charge in [0.25, 0.3) is 0 Å². The second-order valence-corrected chi connectivity index (χ2v) is 10.2. The zero-order chi connectivity index (χ0) is 25.4. The Morgan fingerprint density at radius 3 is 2.67 bits per heavy atom. The molecule has 1 aliphatic carbocycles. The van der Waals surface area contributed by atoms with Gasteiger partial charge in [0.05, 0.1) is 14.2 Å². The Labute approximate surface area is 213 Å². The number of halogens is 1. The number of ether oxygens (including phenoxy) is 2. The SMILES string of the molecule is COc1cc2c(N)nc(N3CCN(C(=O)CCc4ccsc4C4CC4CN)CC3)nc2c(F)c1OC. The highest BCUT2D eigenvalue weighted by molar-refractivity contribution is 7.10. The molecule has 0 spiro atoms. The summed E-state index contributed by atoms with van der Waals surface area (Å²) < 4.78 is 25.5. The van der Waals surface area contributed by atoms with Gasteiger partial charge in [0, 0.05) is 42.9 Å². The van der Waals surface area contributed by atoms with Crippen LogP contribution in [0.25, 0.3) is 10.9 Å². The number of nitrogens with two attached hydrogens (primary N) is 2. The third kappa shape index (κ3) is 4.53. The molecule has 4 N–H and O–H groups in total. The van der Waals surface area contributed by atoms with Gasteiger partial charge in [-0.1, -0.05) is 0 Å². The number of thiophene rings is 1. The number of methoxy groups -OCH3 is 2. The first-order chi connectivity index (χ1) is 17.4. The summed E-state index contributed by atoms with van der Waals surface area (Å²) in [4.78, 5) is 27.0. The van der Waals surface area contributed by atoms with Crippen molar-refractivity contribution in [1.29, 1.82) is 0 Å². The first-order valence-electron chi connectivity index (χ1n) is 12.1. The van der Waals surface area contributed by atoms with E-state index in [9.17, 15) is 4.79 Å². The van der Waals surface area contributed by atoms with Crippen molar-refractivity contribution in [3.05, 3.63) is 33.8 Å². The van der Waals surface area contributed by atoms with Gasteiger partial charge in [0.1, 0.15) is 11.3 Å². The van der Waals surface area contributed by atoms with Gasteiger partial charge in [0.2, 0.25) is 11.9 Å². The van der Waals surface area contributed by atoms with Crippen LogP contribution in [0.4, 0.5) is 16.2 Å². The minimum absolute atomic E-state index is 0.0292. The first-order valence-corrected chi connectivity index (χ1v) is 13.0. The molecule has 1 aromatic carbocycles. The Bertz CT molecular complexity index is 1280. The zero-order valence-corrected chi connectivity index (χ0v) is 21.3. The van der Waals surface area contributed by atoms with Gasteiger partial charge >= 0.3 is 0 Å². The van der Waals surface area contributed by atoms with E-state index in [1.54, 1.807) is 17.4 Å². The maximum atomic E-state index is 15.1. The molecule has 36 heavy (non-hydrogen) atoms. The number of hydrogen-bond donors (Lipinski definition) is 2. The number of anilines is 2. The summed E-state index contributed by atoms with van der Waals surface area (Å²) in [6.45, 7) is 2.89. The fourth-order valence-corrected chi connectivity index (χ4v) is 6.11. The monoisotopic (exact) mass is 514 g/mol. The van der Waals surface area contributed by atoms with Crippen LogP contribution in [0, 0.1) is 11.7 Å². The van der Waals surface area contributed by atoms with E-state index in [4.69, 9.17) is 20.9 Å². The third-order valence-electron chi connectivity index (χ3n) is 7.16. The molecule has 11 heteroatoms. The number of carbonyl (C=O) groups excluding carboxylic acids is 1. The van der Waals surface area contributed by atoms with Crippen LogP contribution in [-0.2, 0) is 11.2 Å². The van der Waals surface area contributed by atoms with Crippen molar-refractivity contribution in [2.24, 2.45) is 11.7 Å². The Hall–Kier alpha value is -3.18. The summed E-state index contributed by atoms with van der Waals surface area (Å²) in [5.41, 5.74) is 13.3. The summed E-state index contributed by atoms with van der Waals surface area (Å²) in [5, 5.41) is 2.48. The lowest BCUT2D eigenvalue weighted by atomic mass is 10.1. The summed E-state index contributed by atoms with van der Waals surface area (Å²) in [5.74, 6) is 1.35. The lowest BCUT2D eigenvalue weighted by molar-refractivity contribution is -0.131. The number of carbonyl (C=O) groups is 1. The molecule has 9 nitrogen and oxygen atoms in total. The molecule has 2 fully saturated rings. The molecule has 3 aromatic rings. The molecule has 192 valence electrons. The lowest BCUT2D eigenvalue weighted by Gasteiger charge is -2.35. The first kappa shape index (κ1) is 24.5. The highest BCUT2D eigenvalue weighted by Gasteiger charge is 2.39. The predicted octanol–water partition coefficient (Wildman–Crippen LogP) is 2.77. The van der Waals surface area contributed by atoms with E-state index in [0.717, 1.165) is 19.4 Å². The molecule has 5 rings (SSSR count). The summed E-state index contributed by atoms with van der Waals surface area (Å²) >= 11 is 1.78. The van der Waals surface area contributed by atoms with E-state index in [2.05, 4.69) is 21.4 Å². The number of benzene rings is 1. The normalized spacial score (nSPS) is 19.6. The number of hydrogen-bond acceptors (Lipinski definition) is 9. The highest BCUT2D eigenvalue weighted by atomic mass is 32.1. The van der Waals surface area contributed by atoms with Crippen LogP contribution in [0.5, 0.6) is 11.5 Å². The predicted molar refractivity (Wildman–Crippen MR) is 138 cm³/mol. The minimum Gasteiger partial charge on any atom is -0.493 e. The van der Waals surface area contributed by atoms with Gasteiger partial charge in [-0.15, -0.1) is 11.3 Å². The molecule has 1 amide bonds. The van der Waals surface area contributed by atoms with Crippen molar-refractivity contribution in [2.75, 3.05) is 57.6 Å². The third-order valence-corrected chi connectivity index (χ3v) is 8.25. The molecule has 3 heterocycles.